The van der Waals surface area contributed by atoms with Crippen molar-refractivity contribution in [2.45, 2.75) is 50.3 Å². The summed E-state index contributed by atoms with van der Waals surface area (Å²) in [6, 6.07) is 27.1. The number of fused-ring (bicyclic) bond motifs is 3. The van der Waals surface area contributed by atoms with Gasteiger partial charge in [-0.25, -0.2) is 9.13 Å². The normalized spacial score (nSPS) is 18.3. The number of carbonyl (C=O) groups excluding carboxylic acids is 4. The molecule has 0 spiro atoms. The second-order valence-corrected chi connectivity index (χ2v) is 16.3. The highest BCUT2D eigenvalue weighted by molar-refractivity contribution is 7.85. The first-order valence-electron chi connectivity index (χ1n) is 18.5. The zero-order chi connectivity index (χ0) is 40.8. The Bertz CT molecular complexity index is 2240. The average Bonchev–Trinajstić information content (AvgIpc) is 3.19. The molecule has 5 aromatic rings. The number of hydrogen-bond donors (Lipinski definition) is 5. The molecular weight excluding hydrogens is 745 g/mol. The van der Waals surface area contributed by atoms with Gasteiger partial charge in [0.25, 0.3) is 21.9 Å². The Morgan fingerprint density at radius 3 is 1.25 bits per heavy atom. The van der Waals surface area contributed by atoms with Gasteiger partial charge in [0.2, 0.25) is 11.8 Å². The minimum absolute atomic E-state index is 0.0340. The monoisotopic (exact) mass is 790 g/mol. The van der Waals surface area contributed by atoms with E-state index in [0.29, 0.717) is 72.4 Å². The number of benzene rings is 3. The summed E-state index contributed by atoms with van der Waals surface area (Å²) in [7, 11) is -0.248. The largest absolute Gasteiger partial charge is 0.326 e. The number of pyridine rings is 2. The van der Waals surface area contributed by atoms with Crippen LogP contribution in [0.5, 0.6) is 0 Å². The van der Waals surface area contributed by atoms with Crippen molar-refractivity contribution in [2.75, 3.05) is 21.3 Å². The molecule has 0 unspecified atom stereocenters. The van der Waals surface area contributed by atoms with Gasteiger partial charge < -0.3 is 21.3 Å². The number of carbonyl (C=O) groups is 4. The van der Waals surface area contributed by atoms with E-state index < -0.39 is 20.9 Å². The van der Waals surface area contributed by atoms with Gasteiger partial charge in [0, 0.05) is 45.5 Å². The minimum Gasteiger partial charge on any atom is -0.326 e. The van der Waals surface area contributed by atoms with Crippen molar-refractivity contribution in [3.63, 3.8) is 0 Å². The van der Waals surface area contributed by atoms with E-state index in [1.54, 1.807) is 60.7 Å². The summed E-state index contributed by atoms with van der Waals surface area (Å²) in [6.07, 6.45) is 11.2. The highest BCUT2D eigenvalue weighted by Crippen LogP contribution is 2.57. The standard InChI is InChI=1S/C36H36N6O4.C7H8O3S/c1-41-21-3-5-29(23-41)37-31(43)25-7-11-27(12-8-25)39-33(45)35-15-18-36(19-16-35,20-17-35)34(46)40-28-13-9-26(10-14-28)32(44)38-30-6-4-22-42(2)24-30;1-6-2-4-7(5-3-6)11(8,9)10/h3-14,21-24H,15-20H2,1-2H3,(H2-2,37,38,39,40,43,44,45,46);2-5H,1H3,(H,8,9,10)/p+2. The zero-order valence-electron chi connectivity index (χ0n) is 32.0. The molecule has 2 bridgehead atoms. The van der Waals surface area contributed by atoms with Crippen molar-refractivity contribution >= 4 is 56.5 Å². The molecule has 13 nitrogen and oxygen atoms in total. The van der Waals surface area contributed by atoms with Gasteiger partial charge >= 0.3 is 0 Å². The maximum absolute atomic E-state index is 13.5. The van der Waals surface area contributed by atoms with E-state index in [1.807, 2.05) is 79.2 Å². The molecule has 5 N–H and O–H groups in total. The van der Waals surface area contributed by atoms with Gasteiger partial charge in [-0.1, -0.05) is 17.7 Å². The Morgan fingerprint density at radius 1 is 0.544 bits per heavy atom. The molecule has 4 amide bonds. The third-order valence-electron chi connectivity index (χ3n) is 10.7. The van der Waals surface area contributed by atoms with E-state index in [-0.39, 0.29) is 28.5 Å². The minimum atomic E-state index is -4.02. The highest BCUT2D eigenvalue weighted by Gasteiger charge is 2.55. The van der Waals surface area contributed by atoms with Gasteiger partial charge in [0.1, 0.15) is 25.5 Å². The fraction of sp³-hybridized carbons (Fsp3) is 0.256. The van der Waals surface area contributed by atoms with Crippen LogP contribution in [-0.4, -0.2) is 36.6 Å². The fourth-order valence-electron chi connectivity index (χ4n) is 7.24. The lowest BCUT2D eigenvalue weighted by Crippen LogP contribution is -2.52. The molecule has 14 heteroatoms. The van der Waals surface area contributed by atoms with Crippen molar-refractivity contribution in [1.29, 1.82) is 0 Å². The Kier molecular flexibility index (Phi) is 12.0. The zero-order valence-corrected chi connectivity index (χ0v) is 32.8. The van der Waals surface area contributed by atoms with E-state index in [1.165, 1.54) is 12.1 Å². The van der Waals surface area contributed by atoms with Crippen LogP contribution in [0.1, 0.15) is 64.8 Å². The predicted octanol–water partition coefficient (Wildman–Crippen LogP) is 6.00. The van der Waals surface area contributed by atoms with Crippen molar-refractivity contribution in [1.82, 2.24) is 0 Å². The van der Waals surface area contributed by atoms with Crippen LogP contribution in [0.25, 0.3) is 0 Å². The van der Waals surface area contributed by atoms with Gasteiger partial charge in [-0.3, -0.25) is 23.7 Å². The second kappa shape index (κ2) is 16.9. The Labute approximate surface area is 331 Å². The van der Waals surface area contributed by atoms with Crippen molar-refractivity contribution in [3.05, 3.63) is 139 Å². The summed E-state index contributed by atoms with van der Waals surface area (Å²) >= 11 is 0. The van der Waals surface area contributed by atoms with E-state index in [0.717, 1.165) is 5.56 Å². The average molecular weight is 791 g/mol. The number of aromatic nitrogens is 2. The number of nitrogens with zero attached hydrogens (tertiary/aromatic N) is 2. The third-order valence-corrected chi connectivity index (χ3v) is 11.6. The van der Waals surface area contributed by atoms with Crippen LogP contribution in [-0.2, 0) is 33.8 Å². The first-order valence-corrected chi connectivity index (χ1v) is 20.0. The molecule has 57 heavy (non-hydrogen) atoms. The van der Waals surface area contributed by atoms with E-state index in [2.05, 4.69) is 21.3 Å². The second-order valence-electron chi connectivity index (χ2n) is 14.8. The van der Waals surface area contributed by atoms with Gasteiger partial charge in [0.05, 0.1) is 4.90 Å². The summed E-state index contributed by atoms with van der Waals surface area (Å²) in [6.45, 7) is 1.84. The molecule has 0 saturated heterocycles. The van der Waals surface area contributed by atoms with E-state index >= 15 is 0 Å². The number of aryl methyl sites for hydroxylation is 3. The first kappa shape index (κ1) is 40.4. The lowest BCUT2D eigenvalue weighted by atomic mass is 9.53. The van der Waals surface area contributed by atoms with Crippen LogP contribution in [0.2, 0.25) is 0 Å². The number of rotatable bonds is 9. The first-order chi connectivity index (χ1) is 27.1. The molecule has 3 aromatic carbocycles. The lowest BCUT2D eigenvalue weighted by molar-refractivity contribution is -0.670. The Hall–Kier alpha value is -6.25. The molecule has 0 atom stereocenters. The molecule has 0 radical (unpaired) electrons. The summed E-state index contributed by atoms with van der Waals surface area (Å²) in [5.74, 6) is -0.520. The van der Waals surface area contributed by atoms with Crippen molar-refractivity contribution in [3.8, 4) is 0 Å². The number of hydrogen-bond acceptors (Lipinski definition) is 6. The molecule has 2 aromatic heterocycles. The molecule has 3 fully saturated rings. The van der Waals surface area contributed by atoms with Crippen molar-refractivity contribution in [2.24, 2.45) is 24.9 Å². The highest BCUT2D eigenvalue weighted by atomic mass is 32.2. The molecule has 3 aliphatic carbocycles. The number of amides is 4. The molecule has 294 valence electrons. The van der Waals surface area contributed by atoms with Crippen LogP contribution < -0.4 is 30.4 Å². The third kappa shape index (κ3) is 9.95. The maximum Gasteiger partial charge on any atom is 0.294 e. The van der Waals surface area contributed by atoms with Crippen LogP contribution in [0, 0.1) is 17.8 Å². The molecule has 3 aliphatic rings. The summed E-state index contributed by atoms with van der Waals surface area (Å²) in [5.41, 5.74) is 3.59. The van der Waals surface area contributed by atoms with E-state index in [4.69, 9.17) is 4.55 Å². The van der Waals surface area contributed by atoms with Gasteiger partial charge in [-0.05, 0) is 118 Å². The SMILES string of the molecule is C[n+]1cccc(NC(=O)c2ccc(NC(=O)C34CCC(C(=O)Nc5ccc(C(=O)Nc6ccc[n+](C)c6)cc5)(CC3)CC4)cc2)c1.Cc1ccc(S(=O)(=O)O)cc1. The smallest absolute Gasteiger partial charge is 0.294 e. The van der Waals surface area contributed by atoms with Gasteiger partial charge in [-0.2, -0.15) is 8.42 Å². The lowest BCUT2D eigenvalue weighted by Gasteiger charge is -2.51. The van der Waals surface area contributed by atoms with E-state index in [9.17, 15) is 27.6 Å². The Morgan fingerprint density at radius 2 is 0.912 bits per heavy atom. The molecule has 2 heterocycles. The van der Waals surface area contributed by atoms with Gasteiger partial charge in [-0.15, -0.1) is 0 Å². The fourth-order valence-corrected chi connectivity index (χ4v) is 7.72. The molecular formula is C43H46N6O7S+2. The summed E-state index contributed by atoms with van der Waals surface area (Å²) < 4.78 is 33.3. The predicted molar refractivity (Wildman–Crippen MR) is 215 cm³/mol. The van der Waals surface area contributed by atoms with Crippen LogP contribution in [0.15, 0.2) is 127 Å². The number of nitrogens with one attached hydrogen (secondary N) is 4. The summed E-state index contributed by atoms with van der Waals surface area (Å²) in [5, 5.41) is 11.9. The van der Waals surface area contributed by atoms with Crippen molar-refractivity contribution < 1.29 is 41.3 Å². The maximum atomic E-state index is 13.5. The van der Waals surface area contributed by atoms with Gasteiger partial charge in [0.15, 0.2) is 24.8 Å². The molecule has 3 saturated carbocycles. The topological polar surface area (TPSA) is 179 Å². The van der Waals surface area contributed by atoms with Crippen LogP contribution in [0.4, 0.5) is 22.7 Å². The van der Waals surface area contributed by atoms with Crippen LogP contribution >= 0.6 is 0 Å². The quantitative estimate of drug-likeness (QED) is 0.0898. The number of anilines is 4. The van der Waals surface area contributed by atoms with Crippen LogP contribution in [0.3, 0.4) is 0 Å². The Balaban J connectivity index is 0.000000432. The molecule has 8 rings (SSSR count). The summed E-state index contributed by atoms with van der Waals surface area (Å²) in [4.78, 5) is 52.3. The molecule has 0 aliphatic heterocycles.